The summed E-state index contributed by atoms with van der Waals surface area (Å²) in [6, 6.07) is 5.89. The van der Waals surface area contributed by atoms with Crippen molar-refractivity contribution in [1.82, 2.24) is 14.6 Å². The van der Waals surface area contributed by atoms with Gasteiger partial charge in [-0.25, -0.2) is 14.3 Å². The fourth-order valence-electron chi connectivity index (χ4n) is 3.32. The predicted octanol–water partition coefficient (Wildman–Crippen LogP) is 3.23. The number of nitrogens with one attached hydrogen (secondary N) is 2. The third-order valence-electron chi connectivity index (χ3n) is 5.02. The number of hydrogen-bond donors (Lipinski definition) is 4. The van der Waals surface area contributed by atoms with Crippen LogP contribution in [0.2, 0.25) is 0 Å². The lowest BCUT2D eigenvalue weighted by atomic mass is 9.91. The zero-order valence-electron chi connectivity index (χ0n) is 17.5. The minimum Gasteiger partial charge on any atom is -0.475 e. The molecule has 5 N–H and O–H groups in total. The van der Waals surface area contributed by atoms with Crippen molar-refractivity contribution >= 4 is 40.4 Å². The van der Waals surface area contributed by atoms with E-state index in [9.17, 15) is 18.0 Å². The van der Waals surface area contributed by atoms with Crippen LogP contribution in [0.3, 0.4) is 0 Å². The molecule has 0 spiro atoms. The maximum Gasteiger partial charge on any atom is 0.490 e. The Kier molecular flexibility index (Phi) is 7.69. The van der Waals surface area contributed by atoms with Crippen molar-refractivity contribution in [3.8, 4) is 6.07 Å². The quantitative estimate of drug-likeness (QED) is 0.429. The molecule has 3 heterocycles. The number of carbonyl (C=O) groups excluding carboxylic acids is 1. The number of carbonyl (C=O) groups is 2. The van der Waals surface area contributed by atoms with Crippen LogP contribution in [0.4, 0.5) is 24.7 Å². The molecule has 0 aliphatic heterocycles. The summed E-state index contributed by atoms with van der Waals surface area (Å²) in [5.41, 5.74) is 7.50. The van der Waals surface area contributed by atoms with E-state index in [4.69, 9.17) is 20.9 Å². The second-order valence-corrected chi connectivity index (χ2v) is 8.29. The molecule has 0 aromatic carbocycles. The number of nitriles is 1. The normalized spacial score (nSPS) is 17.9. The number of amides is 1. The number of thiophene rings is 1. The molecule has 34 heavy (non-hydrogen) atoms. The number of aliphatic carboxylic acids is 1. The average Bonchev–Trinajstić information content (AvgIpc) is 3.41. The van der Waals surface area contributed by atoms with Crippen LogP contribution >= 0.6 is 11.3 Å². The highest BCUT2D eigenvalue weighted by Crippen LogP contribution is 2.23. The van der Waals surface area contributed by atoms with Crippen LogP contribution < -0.4 is 16.4 Å². The molecule has 1 saturated carbocycles. The van der Waals surface area contributed by atoms with Gasteiger partial charge in [-0.1, -0.05) is 12.8 Å². The van der Waals surface area contributed by atoms with E-state index in [1.165, 1.54) is 17.5 Å². The van der Waals surface area contributed by atoms with Crippen LogP contribution in [0.25, 0.3) is 5.65 Å². The molecule has 180 valence electrons. The SMILES string of the molecule is N#Cc1sccc1NC(=O)c1cnn2ccc(N[C@@H]3CCCC[C@@H]3N)nc12.O=C(O)C(F)(F)F. The molecule has 14 heteroatoms. The number of alkyl halides is 3. The van der Waals surface area contributed by atoms with Crippen LogP contribution in [-0.2, 0) is 4.79 Å². The Morgan fingerprint density at radius 3 is 2.65 bits per heavy atom. The second-order valence-electron chi connectivity index (χ2n) is 7.37. The lowest BCUT2D eigenvalue weighted by Gasteiger charge is -2.29. The lowest BCUT2D eigenvalue weighted by Crippen LogP contribution is -2.42. The van der Waals surface area contributed by atoms with Gasteiger partial charge in [0, 0.05) is 18.3 Å². The molecule has 0 saturated heterocycles. The minimum absolute atomic E-state index is 0.104. The number of halogens is 3. The number of fused-ring (bicyclic) bond motifs is 1. The summed E-state index contributed by atoms with van der Waals surface area (Å²) < 4.78 is 33.3. The van der Waals surface area contributed by atoms with E-state index in [1.54, 1.807) is 22.2 Å². The number of nitrogens with two attached hydrogens (primary N) is 1. The van der Waals surface area contributed by atoms with Crippen LogP contribution in [0.5, 0.6) is 0 Å². The topological polar surface area (TPSA) is 158 Å². The Bertz CT molecular complexity index is 1220. The van der Waals surface area contributed by atoms with Gasteiger partial charge in [0.25, 0.3) is 5.91 Å². The van der Waals surface area contributed by atoms with Gasteiger partial charge in [-0.15, -0.1) is 11.3 Å². The number of carboxylic acids is 1. The first-order valence-corrected chi connectivity index (χ1v) is 10.9. The Labute approximate surface area is 195 Å². The molecule has 4 rings (SSSR count). The minimum atomic E-state index is -5.08. The molecule has 3 aromatic rings. The summed E-state index contributed by atoms with van der Waals surface area (Å²) in [5, 5.41) is 28.3. The number of anilines is 2. The van der Waals surface area contributed by atoms with Gasteiger partial charge in [-0.05, 0) is 30.4 Å². The Balaban J connectivity index is 0.000000406. The molecule has 0 radical (unpaired) electrons. The van der Waals surface area contributed by atoms with E-state index < -0.39 is 12.1 Å². The highest BCUT2D eigenvalue weighted by atomic mass is 32.1. The van der Waals surface area contributed by atoms with Crippen molar-refractivity contribution in [1.29, 1.82) is 5.26 Å². The van der Waals surface area contributed by atoms with Crippen molar-refractivity contribution in [2.75, 3.05) is 10.6 Å². The maximum absolute atomic E-state index is 12.7. The van der Waals surface area contributed by atoms with Crippen molar-refractivity contribution in [3.05, 3.63) is 40.3 Å². The zero-order valence-corrected chi connectivity index (χ0v) is 18.4. The third kappa shape index (κ3) is 6.00. The molecule has 1 aliphatic rings. The van der Waals surface area contributed by atoms with Gasteiger partial charge in [-0.2, -0.15) is 23.5 Å². The standard InChI is InChI=1S/C18H19N7OS.C2HF3O2/c19-9-15-14(6-8-27-15)23-18(26)11-10-21-25-7-5-16(24-17(11)25)22-13-4-2-1-3-12(13)20;3-2(4,5)1(6)7/h5-8,10,12-13H,1-4,20H2,(H,22,24)(H,23,26);(H,6,7)/t12-,13+;/m0./s1. The summed E-state index contributed by atoms with van der Waals surface area (Å²) in [6.45, 7) is 0. The fraction of sp³-hybridized carbons (Fsp3) is 0.350. The Morgan fingerprint density at radius 2 is 2.00 bits per heavy atom. The van der Waals surface area contributed by atoms with Gasteiger partial charge in [0.1, 0.15) is 22.3 Å². The molecule has 1 fully saturated rings. The summed E-state index contributed by atoms with van der Waals surface area (Å²) >= 11 is 1.28. The van der Waals surface area contributed by atoms with E-state index in [1.807, 2.05) is 6.07 Å². The average molecular weight is 495 g/mol. The van der Waals surface area contributed by atoms with Crippen molar-refractivity contribution in [3.63, 3.8) is 0 Å². The number of hydrogen-bond acceptors (Lipinski definition) is 8. The van der Waals surface area contributed by atoms with Gasteiger partial charge >= 0.3 is 12.1 Å². The maximum atomic E-state index is 12.7. The number of nitrogens with zero attached hydrogens (tertiary/aromatic N) is 4. The summed E-state index contributed by atoms with van der Waals surface area (Å²) in [4.78, 5) is 26.6. The van der Waals surface area contributed by atoms with Gasteiger partial charge in [0.2, 0.25) is 0 Å². The van der Waals surface area contributed by atoms with Gasteiger partial charge in [-0.3, -0.25) is 4.79 Å². The van der Waals surface area contributed by atoms with E-state index in [0.29, 0.717) is 27.6 Å². The Hall–Kier alpha value is -3.70. The van der Waals surface area contributed by atoms with E-state index in [0.717, 1.165) is 25.7 Å². The van der Waals surface area contributed by atoms with Crippen molar-refractivity contribution in [2.24, 2.45) is 5.73 Å². The zero-order chi connectivity index (χ0) is 24.9. The number of carboxylic acid groups (broad SMARTS) is 1. The first-order chi connectivity index (χ1) is 16.1. The molecular weight excluding hydrogens is 475 g/mol. The van der Waals surface area contributed by atoms with Crippen LogP contribution in [-0.4, -0.2) is 49.8 Å². The smallest absolute Gasteiger partial charge is 0.475 e. The molecule has 1 amide bonds. The first-order valence-electron chi connectivity index (χ1n) is 10.1. The van der Waals surface area contributed by atoms with Crippen LogP contribution in [0.1, 0.15) is 40.9 Å². The van der Waals surface area contributed by atoms with Crippen molar-refractivity contribution < 1.29 is 27.9 Å². The van der Waals surface area contributed by atoms with Crippen molar-refractivity contribution in [2.45, 2.75) is 43.9 Å². The van der Waals surface area contributed by atoms with Crippen LogP contribution in [0, 0.1) is 11.3 Å². The van der Waals surface area contributed by atoms with Crippen LogP contribution in [0.15, 0.2) is 29.9 Å². The van der Waals surface area contributed by atoms with E-state index in [2.05, 4.69) is 26.8 Å². The summed E-state index contributed by atoms with van der Waals surface area (Å²) in [5.74, 6) is -2.43. The largest absolute Gasteiger partial charge is 0.490 e. The van der Waals surface area contributed by atoms with E-state index >= 15 is 0 Å². The lowest BCUT2D eigenvalue weighted by molar-refractivity contribution is -0.192. The predicted molar refractivity (Wildman–Crippen MR) is 118 cm³/mol. The first kappa shape index (κ1) is 24.9. The number of aromatic nitrogens is 3. The molecule has 2 atom stereocenters. The molecule has 0 bridgehead atoms. The van der Waals surface area contributed by atoms with Gasteiger partial charge < -0.3 is 21.5 Å². The van der Waals surface area contributed by atoms with Gasteiger partial charge in [0.15, 0.2) is 5.65 Å². The summed E-state index contributed by atoms with van der Waals surface area (Å²) in [7, 11) is 0. The number of rotatable bonds is 4. The molecule has 0 unspecified atom stereocenters. The molecule has 1 aliphatic carbocycles. The molecule has 10 nitrogen and oxygen atoms in total. The second kappa shape index (κ2) is 10.5. The van der Waals surface area contributed by atoms with Gasteiger partial charge in [0.05, 0.1) is 11.9 Å². The fourth-order valence-corrected chi connectivity index (χ4v) is 3.96. The Morgan fingerprint density at radius 1 is 1.29 bits per heavy atom. The molecule has 3 aromatic heterocycles. The highest BCUT2D eigenvalue weighted by Gasteiger charge is 2.38. The monoisotopic (exact) mass is 495 g/mol. The highest BCUT2D eigenvalue weighted by molar-refractivity contribution is 7.11. The third-order valence-corrected chi connectivity index (χ3v) is 5.84. The molecular formula is C20H20F3N7O3S. The van der Waals surface area contributed by atoms with E-state index in [-0.39, 0.29) is 18.0 Å². The summed E-state index contributed by atoms with van der Waals surface area (Å²) in [6.07, 6.45) is 2.48.